The molecule has 1 atom stereocenters. The molecule has 2 aromatic carbocycles. The van der Waals surface area contributed by atoms with E-state index in [9.17, 15) is 0 Å². The minimum Gasteiger partial charge on any atom is -0.491 e. The fourth-order valence-corrected chi connectivity index (χ4v) is 3.77. The zero-order valence-corrected chi connectivity index (χ0v) is 18.8. The van der Waals surface area contributed by atoms with Crippen LogP contribution in [0.5, 0.6) is 5.75 Å². The third-order valence-electron chi connectivity index (χ3n) is 5.53. The summed E-state index contributed by atoms with van der Waals surface area (Å²) < 4.78 is 13.7. The van der Waals surface area contributed by atoms with Gasteiger partial charge in [0.15, 0.2) is 5.96 Å². The highest BCUT2D eigenvalue weighted by atomic mass is 16.5. The van der Waals surface area contributed by atoms with E-state index in [1.165, 1.54) is 5.56 Å². The number of para-hydroxylation sites is 1. The normalized spacial score (nSPS) is 16.2. The van der Waals surface area contributed by atoms with Gasteiger partial charge in [-0.1, -0.05) is 30.3 Å². The van der Waals surface area contributed by atoms with Crippen LogP contribution in [0.4, 0.5) is 0 Å². The Morgan fingerprint density at radius 3 is 2.75 bits per heavy atom. The molecule has 0 bridgehead atoms. The number of ether oxygens (including phenoxy) is 2. The zero-order chi connectivity index (χ0) is 22.2. The summed E-state index contributed by atoms with van der Waals surface area (Å²) in [5.74, 6) is 1.62. The van der Waals surface area contributed by atoms with E-state index >= 15 is 0 Å². The highest BCUT2D eigenvalue weighted by Gasteiger charge is 2.17. The van der Waals surface area contributed by atoms with Gasteiger partial charge in [-0.2, -0.15) is 5.10 Å². The van der Waals surface area contributed by atoms with Gasteiger partial charge in [0, 0.05) is 44.7 Å². The molecule has 0 aliphatic carbocycles. The summed E-state index contributed by atoms with van der Waals surface area (Å²) in [7, 11) is 1.78. The monoisotopic (exact) mass is 433 g/mol. The fraction of sp³-hybridized carbons (Fsp3) is 0.360. The number of nitrogens with zero attached hydrogens (tertiary/aromatic N) is 3. The number of benzene rings is 2. The van der Waals surface area contributed by atoms with Gasteiger partial charge in [-0.3, -0.25) is 4.99 Å². The summed E-state index contributed by atoms with van der Waals surface area (Å²) >= 11 is 0. The third-order valence-corrected chi connectivity index (χ3v) is 5.53. The molecule has 1 aliphatic rings. The van der Waals surface area contributed by atoms with Gasteiger partial charge in [-0.15, -0.1) is 0 Å². The molecule has 2 N–H and O–H groups in total. The van der Waals surface area contributed by atoms with Crippen LogP contribution in [0, 0.1) is 6.92 Å². The van der Waals surface area contributed by atoms with Crippen LogP contribution in [0.2, 0.25) is 0 Å². The Morgan fingerprint density at radius 1 is 1.16 bits per heavy atom. The first-order chi connectivity index (χ1) is 15.7. The van der Waals surface area contributed by atoms with Gasteiger partial charge in [-0.05, 0) is 49.1 Å². The Balaban J connectivity index is 1.36. The lowest BCUT2D eigenvalue weighted by Crippen LogP contribution is -2.36. The average Bonchev–Trinajstić information content (AvgIpc) is 3.53. The number of aromatic nitrogens is 2. The topological polar surface area (TPSA) is 72.7 Å². The summed E-state index contributed by atoms with van der Waals surface area (Å²) in [4.78, 5) is 4.38. The lowest BCUT2D eigenvalue weighted by Gasteiger charge is -2.17. The number of hydrogen-bond donors (Lipinski definition) is 2. The number of nitrogens with one attached hydrogen (secondary N) is 2. The van der Waals surface area contributed by atoms with Crippen LogP contribution < -0.4 is 15.4 Å². The maximum absolute atomic E-state index is 6.12. The second kappa shape index (κ2) is 10.8. The van der Waals surface area contributed by atoms with Crippen LogP contribution >= 0.6 is 0 Å². The highest BCUT2D eigenvalue weighted by molar-refractivity contribution is 5.79. The van der Waals surface area contributed by atoms with E-state index in [-0.39, 0.29) is 6.10 Å². The van der Waals surface area contributed by atoms with Gasteiger partial charge < -0.3 is 20.1 Å². The molecule has 3 aromatic rings. The molecule has 32 heavy (non-hydrogen) atoms. The van der Waals surface area contributed by atoms with Crippen LogP contribution in [0.15, 0.2) is 65.9 Å². The Morgan fingerprint density at radius 2 is 2.00 bits per heavy atom. The number of hydrogen-bond acceptors (Lipinski definition) is 4. The second-order valence-electron chi connectivity index (χ2n) is 7.92. The van der Waals surface area contributed by atoms with Crippen LogP contribution in [0.25, 0.3) is 5.69 Å². The van der Waals surface area contributed by atoms with Crippen molar-refractivity contribution in [3.05, 3.63) is 77.6 Å². The summed E-state index contributed by atoms with van der Waals surface area (Å²) in [5.41, 5.74) is 4.45. The van der Waals surface area contributed by atoms with E-state index in [1.54, 1.807) is 13.2 Å². The summed E-state index contributed by atoms with van der Waals surface area (Å²) in [5, 5.41) is 11.2. The van der Waals surface area contributed by atoms with E-state index in [2.05, 4.69) is 58.0 Å². The van der Waals surface area contributed by atoms with Crippen molar-refractivity contribution in [3.8, 4) is 11.4 Å². The predicted molar refractivity (Wildman–Crippen MR) is 126 cm³/mol. The van der Waals surface area contributed by atoms with Gasteiger partial charge in [-0.25, -0.2) is 4.68 Å². The molecule has 1 aliphatic heterocycles. The van der Waals surface area contributed by atoms with E-state index in [4.69, 9.17) is 9.47 Å². The quantitative estimate of drug-likeness (QED) is 0.419. The molecule has 0 saturated carbocycles. The Hall–Kier alpha value is -3.32. The first-order valence-corrected chi connectivity index (χ1v) is 11.1. The van der Waals surface area contributed by atoms with Crippen molar-refractivity contribution in [2.45, 2.75) is 39.0 Å². The number of rotatable bonds is 8. The van der Waals surface area contributed by atoms with Gasteiger partial charge in [0.1, 0.15) is 12.4 Å². The minimum atomic E-state index is 0.195. The molecule has 1 fully saturated rings. The maximum Gasteiger partial charge on any atom is 0.191 e. The number of aliphatic imine (C=N–C) groups is 1. The molecule has 0 spiro atoms. The molecule has 1 unspecified atom stereocenters. The Labute approximate surface area is 189 Å². The van der Waals surface area contributed by atoms with E-state index in [0.29, 0.717) is 19.7 Å². The van der Waals surface area contributed by atoms with Crippen LogP contribution in [0.3, 0.4) is 0 Å². The fourth-order valence-electron chi connectivity index (χ4n) is 3.77. The molecular formula is C25H31N5O2. The maximum atomic E-state index is 6.12. The zero-order valence-electron chi connectivity index (χ0n) is 18.8. The highest BCUT2D eigenvalue weighted by Crippen LogP contribution is 2.22. The molecule has 7 heteroatoms. The van der Waals surface area contributed by atoms with Crippen molar-refractivity contribution >= 4 is 5.96 Å². The average molecular weight is 434 g/mol. The van der Waals surface area contributed by atoms with Crippen LogP contribution in [-0.4, -0.2) is 42.1 Å². The summed E-state index contributed by atoms with van der Waals surface area (Å²) in [6.45, 7) is 4.75. The van der Waals surface area contributed by atoms with E-state index in [0.717, 1.165) is 48.0 Å². The molecule has 7 nitrogen and oxygen atoms in total. The van der Waals surface area contributed by atoms with Crippen molar-refractivity contribution < 1.29 is 9.47 Å². The Kier molecular flexibility index (Phi) is 7.40. The van der Waals surface area contributed by atoms with Crippen molar-refractivity contribution in [2.24, 2.45) is 4.99 Å². The van der Waals surface area contributed by atoms with Gasteiger partial charge in [0.05, 0.1) is 11.8 Å². The van der Waals surface area contributed by atoms with Gasteiger partial charge in [0.25, 0.3) is 0 Å². The number of guanidine groups is 1. The van der Waals surface area contributed by atoms with Crippen LogP contribution in [0.1, 0.15) is 29.5 Å². The standard InChI is InChI=1S/C25H31N5O2/c1-19-10-11-21(24(15-19)32-18-22-8-5-14-31-22)17-28-25(26-2)27-16-20-7-3-4-9-23(20)30-13-6-12-29-30/h3-4,6-7,9-13,15,22H,5,8,14,16-18H2,1-2H3,(H2,26,27,28). The largest absolute Gasteiger partial charge is 0.491 e. The van der Waals surface area contributed by atoms with Crippen LogP contribution in [-0.2, 0) is 17.8 Å². The van der Waals surface area contributed by atoms with Gasteiger partial charge in [0.2, 0.25) is 0 Å². The minimum absolute atomic E-state index is 0.195. The molecule has 1 aromatic heterocycles. The molecule has 0 radical (unpaired) electrons. The molecule has 2 heterocycles. The SMILES string of the molecule is CN=C(NCc1ccc(C)cc1OCC1CCCO1)NCc1ccccc1-n1cccn1. The molecule has 0 amide bonds. The molecule has 168 valence electrons. The Bertz CT molecular complexity index is 1030. The summed E-state index contributed by atoms with van der Waals surface area (Å²) in [6, 6.07) is 16.4. The lowest BCUT2D eigenvalue weighted by atomic mass is 10.1. The third kappa shape index (κ3) is 5.68. The first kappa shape index (κ1) is 21.9. The van der Waals surface area contributed by atoms with E-state index < -0.39 is 0 Å². The van der Waals surface area contributed by atoms with Crippen molar-refractivity contribution in [1.82, 2.24) is 20.4 Å². The summed E-state index contributed by atoms with van der Waals surface area (Å²) in [6.07, 6.45) is 6.10. The predicted octanol–water partition coefficient (Wildman–Crippen LogP) is 3.60. The van der Waals surface area contributed by atoms with Crippen molar-refractivity contribution in [3.63, 3.8) is 0 Å². The van der Waals surface area contributed by atoms with Crippen molar-refractivity contribution in [2.75, 3.05) is 20.3 Å². The van der Waals surface area contributed by atoms with Gasteiger partial charge >= 0.3 is 0 Å². The smallest absolute Gasteiger partial charge is 0.191 e. The molecule has 4 rings (SSSR count). The van der Waals surface area contributed by atoms with Crippen molar-refractivity contribution in [1.29, 1.82) is 0 Å². The first-order valence-electron chi connectivity index (χ1n) is 11.1. The molecule has 1 saturated heterocycles. The molecular weight excluding hydrogens is 402 g/mol. The van der Waals surface area contributed by atoms with E-state index in [1.807, 2.05) is 29.1 Å². The number of aryl methyl sites for hydroxylation is 1. The second-order valence-corrected chi connectivity index (χ2v) is 7.92. The lowest BCUT2D eigenvalue weighted by molar-refractivity contribution is 0.0676.